The molecule has 0 unspecified atom stereocenters. The molecule has 2 aromatic rings. The average Bonchev–Trinajstić information content (AvgIpc) is 3.11. The van der Waals surface area contributed by atoms with E-state index >= 15 is 0 Å². The van der Waals surface area contributed by atoms with E-state index in [0.717, 1.165) is 28.5 Å². The number of methoxy groups -OCH3 is 1. The fourth-order valence-electron chi connectivity index (χ4n) is 2.65. The lowest BCUT2D eigenvalue weighted by molar-refractivity contribution is -0.114. The molecule has 1 aliphatic rings. The van der Waals surface area contributed by atoms with Gasteiger partial charge in [0.25, 0.3) is 0 Å². The second-order valence-electron chi connectivity index (χ2n) is 4.76. The fourth-order valence-corrected chi connectivity index (χ4v) is 4.01. The SMILES string of the molecule is COC(=O)c1ccc(C2=CC(=O)CC2)c2ccn(SI)c12. The van der Waals surface area contributed by atoms with E-state index in [-0.39, 0.29) is 11.8 Å². The first-order chi connectivity index (χ1) is 10.2. The van der Waals surface area contributed by atoms with Gasteiger partial charge in [0.15, 0.2) is 5.78 Å². The molecule has 1 aromatic heterocycles. The number of ketones is 1. The molecule has 3 rings (SSSR count). The number of esters is 1. The van der Waals surface area contributed by atoms with Gasteiger partial charge in [-0.15, -0.1) is 0 Å². The predicted molar refractivity (Wildman–Crippen MR) is 92.5 cm³/mol. The lowest BCUT2D eigenvalue weighted by atomic mass is 9.99. The van der Waals surface area contributed by atoms with Gasteiger partial charge in [-0.3, -0.25) is 8.77 Å². The van der Waals surface area contributed by atoms with Crippen molar-refractivity contribution >= 4 is 58.6 Å². The van der Waals surface area contributed by atoms with E-state index in [1.807, 2.05) is 22.3 Å². The van der Waals surface area contributed by atoms with Gasteiger partial charge in [-0.05, 0) is 35.8 Å². The van der Waals surface area contributed by atoms with Crippen molar-refractivity contribution in [2.24, 2.45) is 0 Å². The number of fused-ring (bicyclic) bond motifs is 1. The summed E-state index contributed by atoms with van der Waals surface area (Å²) >= 11 is 2.17. The zero-order valence-corrected chi connectivity index (χ0v) is 14.2. The Morgan fingerprint density at radius 1 is 1.33 bits per heavy atom. The van der Waals surface area contributed by atoms with E-state index in [4.69, 9.17) is 4.74 Å². The van der Waals surface area contributed by atoms with Crippen LogP contribution in [0.3, 0.4) is 0 Å². The summed E-state index contributed by atoms with van der Waals surface area (Å²) in [6.45, 7) is 0. The Morgan fingerprint density at radius 2 is 2.14 bits per heavy atom. The van der Waals surface area contributed by atoms with Crippen LogP contribution in [0.25, 0.3) is 16.5 Å². The van der Waals surface area contributed by atoms with Gasteiger partial charge in [-0.25, -0.2) is 4.79 Å². The first-order valence-corrected chi connectivity index (χ1v) is 9.72. The van der Waals surface area contributed by atoms with E-state index in [2.05, 4.69) is 21.2 Å². The van der Waals surface area contributed by atoms with E-state index in [1.165, 1.54) is 16.2 Å². The summed E-state index contributed by atoms with van der Waals surface area (Å²) in [6.07, 6.45) is 4.96. The van der Waals surface area contributed by atoms with Crippen molar-refractivity contribution in [2.45, 2.75) is 12.8 Å². The van der Waals surface area contributed by atoms with Gasteiger partial charge in [0, 0.05) is 48.3 Å². The number of rotatable bonds is 3. The fraction of sp³-hybridized carbons (Fsp3) is 0.200. The monoisotopic (exact) mass is 413 g/mol. The van der Waals surface area contributed by atoms with Crippen LogP contribution in [0.15, 0.2) is 30.5 Å². The molecule has 108 valence electrons. The van der Waals surface area contributed by atoms with Crippen LogP contribution in [0, 0.1) is 0 Å². The molecule has 0 radical (unpaired) electrons. The Kier molecular flexibility index (Phi) is 4.08. The summed E-state index contributed by atoms with van der Waals surface area (Å²) in [4.78, 5) is 23.4. The average molecular weight is 413 g/mol. The molecule has 4 nitrogen and oxygen atoms in total. The first kappa shape index (κ1) is 14.6. The third-order valence-electron chi connectivity index (χ3n) is 3.62. The second-order valence-corrected chi connectivity index (χ2v) is 6.47. The molecule has 21 heavy (non-hydrogen) atoms. The largest absolute Gasteiger partial charge is 0.465 e. The number of carbonyl (C=O) groups is 2. The molecule has 0 saturated carbocycles. The van der Waals surface area contributed by atoms with Gasteiger partial charge in [0.05, 0.1) is 18.2 Å². The topological polar surface area (TPSA) is 48.3 Å². The maximum absolute atomic E-state index is 12.0. The maximum Gasteiger partial charge on any atom is 0.340 e. The molecule has 0 atom stereocenters. The lowest BCUT2D eigenvalue weighted by Gasteiger charge is -2.09. The number of benzene rings is 1. The van der Waals surface area contributed by atoms with Crippen molar-refractivity contribution in [3.05, 3.63) is 41.6 Å². The Bertz CT molecular complexity index is 779. The molecule has 0 bridgehead atoms. The van der Waals surface area contributed by atoms with Gasteiger partial charge in [-0.2, -0.15) is 0 Å². The molecule has 0 spiro atoms. The Hall–Kier alpha value is -1.28. The highest BCUT2D eigenvalue weighted by atomic mass is 127. The van der Waals surface area contributed by atoms with Gasteiger partial charge in [0.1, 0.15) is 0 Å². The van der Waals surface area contributed by atoms with Crippen molar-refractivity contribution < 1.29 is 14.3 Å². The predicted octanol–water partition coefficient (Wildman–Crippen LogP) is 4.02. The Labute approximate surface area is 138 Å². The smallest absolute Gasteiger partial charge is 0.340 e. The number of nitrogens with zero attached hydrogens (tertiary/aromatic N) is 1. The second kappa shape index (κ2) is 5.84. The number of hydrogen-bond donors (Lipinski definition) is 0. The van der Waals surface area contributed by atoms with Crippen LogP contribution in [0.4, 0.5) is 0 Å². The minimum absolute atomic E-state index is 0.165. The highest BCUT2D eigenvalue weighted by Crippen LogP contribution is 2.36. The van der Waals surface area contributed by atoms with E-state index < -0.39 is 0 Å². The molecule has 0 aliphatic heterocycles. The van der Waals surface area contributed by atoms with Crippen LogP contribution in [-0.4, -0.2) is 22.8 Å². The summed E-state index contributed by atoms with van der Waals surface area (Å²) in [5.41, 5.74) is 3.43. The molecular formula is C15H12INO3S. The number of aromatic nitrogens is 1. The number of halogens is 1. The highest BCUT2D eigenvalue weighted by Gasteiger charge is 2.21. The standard InChI is InChI=1S/C15H12INO3S/c1-20-15(19)13-5-4-11(9-2-3-10(18)8-9)12-6-7-17(21-16)14(12)13/h4-8H,2-3H2,1H3. The number of allylic oxidation sites excluding steroid dienone is 2. The summed E-state index contributed by atoms with van der Waals surface area (Å²) in [6, 6.07) is 5.66. The third-order valence-corrected chi connectivity index (χ3v) is 5.34. The number of hydrogen-bond acceptors (Lipinski definition) is 4. The minimum Gasteiger partial charge on any atom is -0.465 e. The number of ether oxygens (including phenoxy) is 1. The van der Waals surface area contributed by atoms with E-state index in [9.17, 15) is 9.59 Å². The number of carbonyl (C=O) groups excluding carboxylic acids is 2. The summed E-state index contributed by atoms with van der Waals surface area (Å²) in [7, 11) is 2.87. The van der Waals surface area contributed by atoms with Gasteiger partial charge >= 0.3 is 5.97 Å². The van der Waals surface area contributed by atoms with Crippen LogP contribution >= 0.6 is 30.3 Å². The van der Waals surface area contributed by atoms with Crippen molar-refractivity contribution in [1.82, 2.24) is 3.97 Å². The van der Waals surface area contributed by atoms with E-state index in [0.29, 0.717) is 12.0 Å². The summed E-state index contributed by atoms with van der Waals surface area (Å²) < 4.78 is 6.80. The molecule has 6 heteroatoms. The van der Waals surface area contributed by atoms with Crippen molar-refractivity contribution in [3.63, 3.8) is 0 Å². The zero-order valence-electron chi connectivity index (χ0n) is 11.3. The minimum atomic E-state index is -0.353. The van der Waals surface area contributed by atoms with Gasteiger partial charge in [0.2, 0.25) is 0 Å². The molecule has 0 fully saturated rings. The molecule has 1 aromatic carbocycles. The molecule has 0 N–H and O–H groups in total. The van der Waals surface area contributed by atoms with Gasteiger partial charge < -0.3 is 4.74 Å². The molecule has 0 saturated heterocycles. The quantitative estimate of drug-likeness (QED) is 0.564. The lowest BCUT2D eigenvalue weighted by Crippen LogP contribution is -2.04. The van der Waals surface area contributed by atoms with Gasteiger partial charge in [-0.1, -0.05) is 6.07 Å². The Morgan fingerprint density at radius 3 is 2.76 bits per heavy atom. The van der Waals surface area contributed by atoms with Crippen molar-refractivity contribution in [3.8, 4) is 0 Å². The molecular weight excluding hydrogens is 401 g/mol. The van der Waals surface area contributed by atoms with Crippen LogP contribution in [0.1, 0.15) is 28.8 Å². The Balaban J connectivity index is 2.26. The van der Waals surface area contributed by atoms with Crippen LogP contribution in [-0.2, 0) is 9.53 Å². The van der Waals surface area contributed by atoms with Crippen LogP contribution in [0.2, 0.25) is 0 Å². The van der Waals surface area contributed by atoms with Crippen LogP contribution in [0.5, 0.6) is 0 Å². The molecule has 0 amide bonds. The summed E-state index contributed by atoms with van der Waals surface area (Å²) in [5, 5.41) is 0.975. The third kappa shape index (κ3) is 2.50. The van der Waals surface area contributed by atoms with Crippen molar-refractivity contribution in [2.75, 3.05) is 7.11 Å². The van der Waals surface area contributed by atoms with Crippen LogP contribution < -0.4 is 0 Å². The van der Waals surface area contributed by atoms with E-state index in [1.54, 1.807) is 12.1 Å². The summed E-state index contributed by atoms with van der Waals surface area (Å²) in [5.74, 6) is -0.189. The molecule has 1 aliphatic carbocycles. The molecule has 1 heterocycles. The zero-order chi connectivity index (χ0) is 15.0. The first-order valence-electron chi connectivity index (χ1n) is 6.41. The highest BCUT2D eigenvalue weighted by molar-refractivity contribution is 14.2. The normalized spacial score (nSPS) is 14.6. The maximum atomic E-state index is 12.0. The van der Waals surface area contributed by atoms with Crippen molar-refractivity contribution in [1.29, 1.82) is 0 Å².